The molecule has 1 aromatic heterocycles. The highest BCUT2D eigenvalue weighted by molar-refractivity contribution is 5.92. The maximum atomic E-state index is 12.5. The van der Waals surface area contributed by atoms with Crippen LogP contribution in [0.2, 0.25) is 0 Å². The van der Waals surface area contributed by atoms with E-state index in [1.54, 1.807) is 6.92 Å². The van der Waals surface area contributed by atoms with Gasteiger partial charge in [-0.2, -0.15) is 0 Å². The summed E-state index contributed by atoms with van der Waals surface area (Å²) < 4.78 is 5.44. The zero-order chi connectivity index (χ0) is 15.7. The molecule has 0 atom stereocenters. The predicted octanol–water partition coefficient (Wildman–Crippen LogP) is 2.56. The molecule has 5 heteroatoms. The van der Waals surface area contributed by atoms with E-state index in [0.717, 1.165) is 13.1 Å². The predicted molar refractivity (Wildman–Crippen MR) is 85.3 cm³/mol. The molecular formula is C17H21N3O2. The van der Waals surface area contributed by atoms with Crippen LogP contribution >= 0.6 is 0 Å². The largest absolute Gasteiger partial charge is 0.436 e. The number of aryl methyl sites for hydroxylation is 3. The van der Waals surface area contributed by atoms with Gasteiger partial charge in [0.25, 0.3) is 5.91 Å². The number of carbonyl (C=O) groups is 1. The van der Waals surface area contributed by atoms with Crippen molar-refractivity contribution < 1.29 is 9.21 Å². The molecule has 1 aromatic carbocycles. The lowest BCUT2D eigenvalue weighted by Crippen LogP contribution is -2.48. The lowest BCUT2D eigenvalue weighted by Gasteiger charge is -2.35. The standard InChI is InChI=1S/C17H21N3O2/c1-12-5-4-6-15(11-12)19-7-9-20(10-8-19)17(21)16-13(2)18-14(3)22-16/h4-6,11H,7-10H2,1-3H3. The Hall–Kier alpha value is -2.30. The smallest absolute Gasteiger partial charge is 0.291 e. The number of hydrogen-bond acceptors (Lipinski definition) is 4. The van der Waals surface area contributed by atoms with Gasteiger partial charge in [-0.1, -0.05) is 12.1 Å². The Morgan fingerprint density at radius 2 is 1.86 bits per heavy atom. The summed E-state index contributed by atoms with van der Waals surface area (Å²) in [6.07, 6.45) is 0. The van der Waals surface area contributed by atoms with Gasteiger partial charge in [-0.15, -0.1) is 0 Å². The second-order valence-electron chi connectivity index (χ2n) is 5.77. The molecule has 2 aromatic rings. The minimum absolute atomic E-state index is 0.0537. The van der Waals surface area contributed by atoms with Gasteiger partial charge < -0.3 is 14.2 Å². The first kappa shape index (κ1) is 14.6. The van der Waals surface area contributed by atoms with E-state index in [2.05, 4.69) is 41.1 Å². The van der Waals surface area contributed by atoms with E-state index in [-0.39, 0.29) is 5.91 Å². The normalized spacial score (nSPS) is 15.2. The molecule has 116 valence electrons. The van der Waals surface area contributed by atoms with E-state index >= 15 is 0 Å². The first-order chi connectivity index (χ1) is 10.5. The fourth-order valence-electron chi connectivity index (χ4n) is 2.87. The van der Waals surface area contributed by atoms with Crippen LogP contribution < -0.4 is 4.90 Å². The van der Waals surface area contributed by atoms with Gasteiger partial charge >= 0.3 is 0 Å². The van der Waals surface area contributed by atoms with Gasteiger partial charge in [-0.05, 0) is 31.5 Å². The maximum absolute atomic E-state index is 12.5. The van der Waals surface area contributed by atoms with E-state index in [9.17, 15) is 4.79 Å². The van der Waals surface area contributed by atoms with Crippen molar-refractivity contribution in [2.24, 2.45) is 0 Å². The van der Waals surface area contributed by atoms with E-state index in [1.165, 1.54) is 11.3 Å². The first-order valence-electron chi connectivity index (χ1n) is 7.59. The fourth-order valence-corrected chi connectivity index (χ4v) is 2.87. The van der Waals surface area contributed by atoms with Crippen LogP contribution in [0.5, 0.6) is 0 Å². The second kappa shape index (κ2) is 5.83. The summed E-state index contributed by atoms with van der Waals surface area (Å²) in [4.78, 5) is 20.8. The molecule has 1 fully saturated rings. The summed E-state index contributed by atoms with van der Waals surface area (Å²) in [5.41, 5.74) is 3.14. The number of nitrogens with zero attached hydrogens (tertiary/aromatic N) is 3. The first-order valence-corrected chi connectivity index (χ1v) is 7.59. The monoisotopic (exact) mass is 299 g/mol. The molecule has 22 heavy (non-hydrogen) atoms. The Morgan fingerprint density at radius 3 is 2.45 bits per heavy atom. The van der Waals surface area contributed by atoms with Crippen LogP contribution in [0.25, 0.3) is 0 Å². The molecule has 5 nitrogen and oxygen atoms in total. The second-order valence-corrected chi connectivity index (χ2v) is 5.77. The number of benzene rings is 1. The number of amides is 1. The van der Waals surface area contributed by atoms with E-state index < -0.39 is 0 Å². The molecule has 0 aliphatic carbocycles. The highest BCUT2D eigenvalue weighted by Gasteiger charge is 2.26. The van der Waals surface area contributed by atoms with Crippen LogP contribution in [0.4, 0.5) is 5.69 Å². The van der Waals surface area contributed by atoms with Crippen molar-refractivity contribution in [2.45, 2.75) is 20.8 Å². The Morgan fingerprint density at radius 1 is 1.14 bits per heavy atom. The highest BCUT2D eigenvalue weighted by Crippen LogP contribution is 2.19. The summed E-state index contributed by atoms with van der Waals surface area (Å²) in [7, 11) is 0. The van der Waals surface area contributed by atoms with Gasteiger partial charge in [-0.3, -0.25) is 4.79 Å². The average molecular weight is 299 g/mol. The molecule has 1 saturated heterocycles. The van der Waals surface area contributed by atoms with Crippen molar-refractivity contribution in [1.29, 1.82) is 0 Å². The molecule has 0 spiro atoms. The number of oxazole rings is 1. The zero-order valence-corrected chi connectivity index (χ0v) is 13.3. The van der Waals surface area contributed by atoms with Crippen LogP contribution in [0.3, 0.4) is 0 Å². The van der Waals surface area contributed by atoms with Crippen LogP contribution in [0.1, 0.15) is 27.7 Å². The zero-order valence-electron chi connectivity index (χ0n) is 13.3. The Labute approximate surface area is 130 Å². The van der Waals surface area contributed by atoms with E-state index in [4.69, 9.17) is 4.42 Å². The summed E-state index contributed by atoms with van der Waals surface area (Å²) in [6.45, 7) is 8.74. The minimum atomic E-state index is -0.0537. The summed E-state index contributed by atoms with van der Waals surface area (Å²) >= 11 is 0. The van der Waals surface area contributed by atoms with Crippen molar-refractivity contribution in [3.8, 4) is 0 Å². The lowest BCUT2D eigenvalue weighted by atomic mass is 10.2. The van der Waals surface area contributed by atoms with Gasteiger partial charge in [0.2, 0.25) is 5.76 Å². The van der Waals surface area contributed by atoms with Crippen LogP contribution in [0.15, 0.2) is 28.7 Å². The van der Waals surface area contributed by atoms with Crippen molar-refractivity contribution >= 4 is 11.6 Å². The number of rotatable bonds is 2. The van der Waals surface area contributed by atoms with Crippen LogP contribution in [-0.2, 0) is 0 Å². The molecule has 0 N–H and O–H groups in total. The highest BCUT2D eigenvalue weighted by atomic mass is 16.4. The Balaban J connectivity index is 1.67. The summed E-state index contributed by atoms with van der Waals surface area (Å²) in [6, 6.07) is 8.47. The van der Waals surface area contributed by atoms with E-state index in [0.29, 0.717) is 30.4 Å². The molecule has 0 radical (unpaired) electrons. The van der Waals surface area contributed by atoms with Crippen molar-refractivity contribution in [1.82, 2.24) is 9.88 Å². The maximum Gasteiger partial charge on any atom is 0.291 e. The minimum Gasteiger partial charge on any atom is -0.436 e. The molecule has 1 aliphatic rings. The van der Waals surface area contributed by atoms with Crippen LogP contribution in [-0.4, -0.2) is 42.0 Å². The molecule has 0 bridgehead atoms. The Bertz CT molecular complexity index is 685. The summed E-state index contributed by atoms with van der Waals surface area (Å²) in [5.74, 6) is 0.864. The van der Waals surface area contributed by atoms with Crippen LogP contribution in [0, 0.1) is 20.8 Å². The van der Waals surface area contributed by atoms with Gasteiger partial charge in [0.1, 0.15) is 0 Å². The van der Waals surface area contributed by atoms with Gasteiger partial charge in [0.05, 0.1) is 5.69 Å². The molecule has 3 rings (SSSR count). The van der Waals surface area contributed by atoms with Gasteiger partial charge in [-0.25, -0.2) is 4.98 Å². The SMILES string of the molecule is Cc1cccc(N2CCN(C(=O)c3oc(C)nc3C)CC2)c1. The van der Waals surface area contributed by atoms with Crippen molar-refractivity contribution in [3.05, 3.63) is 47.2 Å². The number of piperazine rings is 1. The third-order valence-corrected chi connectivity index (χ3v) is 4.03. The van der Waals surface area contributed by atoms with Crippen molar-refractivity contribution in [2.75, 3.05) is 31.1 Å². The molecule has 2 heterocycles. The average Bonchev–Trinajstić information content (AvgIpc) is 2.85. The number of aromatic nitrogens is 1. The Kier molecular flexibility index (Phi) is 3.88. The molecule has 1 amide bonds. The summed E-state index contributed by atoms with van der Waals surface area (Å²) in [5, 5.41) is 0. The molecule has 1 aliphatic heterocycles. The third kappa shape index (κ3) is 2.84. The third-order valence-electron chi connectivity index (χ3n) is 4.03. The fraction of sp³-hybridized carbons (Fsp3) is 0.412. The molecule has 0 saturated carbocycles. The van der Waals surface area contributed by atoms with Gasteiger partial charge in [0, 0.05) is 38.8 Å². The number of carbonyl (C=O) groups excluding carboxylic acids is 1. The topological polar surface area (TPSA) is 49.6 Å². The molecule has 0 unspecified atom stereocenters. The molecular weight excluding hydrogens is 278 g/mol. The lowest BCUT2D eigenvalue weighted by molar-refractivity contribution is 0.0712. The number of hydrogen-bond donors (Lipinski definition) is 0. The van der Waals surface area contributed by atoms with Gasteiger partial charge in [0.15, 0.2) is 5.89 Å². The van der Waals surface area contributed by atoms with Crippen molar-refractivity contribution in [3.63, 3.8) is 0 Å². The number of anilines is 1. The van der Waals surface area contributed by atoms with E-state index in [1.807, 2.05) is 11.8 Å². The quantitative estimate of drug-likeness (QED) is 0.855.